The van der Waals surface area contributed by atoms with Gasteiger partial charge in [0, 0.05) is 12.0 Å². The number of anilines is 1. The van der Waals surface area contributed by atoms with E-state index in [4.69, 9.17) is 26.9 Å². The zero-order valence-electron chi connectivity index (χ0n) is 13.3. The number of esters is 1. The fourth-order valence-electron chi connectivity index (χ4n) is 2.52. The van der Waals surface area contributed by atoms with E-state index in [1.54, 1.807) is 6.07 Å². The van der Waals surface area contributed by atoms with Crippen LogP contribution in [0.5, 0.6) is 0 Å². The van der Waals surface area contributed by atoms with Crippen LogP contribution in [0.1, 0.15) is 41.5 Å². The van der Waals surface area contributed by atoms with Gasteiger partial charge in [-0.1, -0.05) is 29.8 Å². The lowest BCUT2D eigenvalue weighted by atomic mass is 9.95. The summed E-state index contributed by atoms with van der Waals surface area (Å²) < 4.78 is 5.31. The summed E-state index contributed by atoms with van der Waals surface area (Å²) in [6.07, 6.45) is 8.23. The maximum absolute atomic E-state index is 12.3. The van der Waals surface area contributed by atoms with Gasteiger partial charge in [-0.15, -0.1) is 5.16 Å². The quantitative estimate of drug-likeness (QED) is 0.667. The minimum atomic E-state index is -0.607. The molecule has 1 atom stereocenters. The first-order chi connectivity index (χ1) is 11.5. The number of halogens is 1. The molecule has 8 heteroatoms. The molecule has 0 radical (unpaired) electrons. The molecule has 1 unspecified atom stereocenters. The Morgan fingerprint density at radius 1 is 1.50 bits per heavy atom. The number of nitrogens with zero attached hydrogens (tertiary/aromatic N) is 2. The molecule has 0 fully saturated rings. The summed E-state index contributed by atoms with van der Waals surface area (Å²) in [6, 6.07) is 1.60. The Balaban J connectivity index is 1.76. The molecular formula is C16H17BClN3O3. The van der Waals surface area contributed by atoms with E-state index in [1.807, 2.05) is 26.1 Å². The van der Waals surface area contributed by atoms with Gasteiger partial charge < -0.3 is 15.3 Å². The standard InChI is InChI=1S/C16H17BClN3O3/c17-13-7-12(24-21-13)11-6-10(19)14(18)15(20-11)16(22)23-8-9-4-2-1-3-5-9/h2,4-6,12H,1,3,7-8,17H2,(H2,19,20). The Hall–Kier alpha value is -2.28. The Kier molecular flexibility index (Phi) is 4.90. The third-order valence-corrected chi connectivity index (χ3v) is 4.18. The van der Waals surface area contributed by atoms with E-state index in [0.29, 0.717) is 12.1 Å². The smallest absolute Gasteiger partial charge is 0.358 e. The number of nitrogens with two attached hydrogens (primary N) is 1. The minimum Gasteiger partial charge on any atom is -0.456 e. The molecule has 124 valence electrons. The molecule has 0 spiro atoms. The SMILES string of the molecule is BC1=NOC(c2cc(N)c(Cl)c(C(=O)OCC3=CCCC=C3)n2)C1. The van der Waals surface area contributed by atoms with E-state index in [1.165, 1.54) is 0 Å². The van der Waals surface area contributed by atoms with Crippen LogP contribution in [0.25, 0.3) is 0 Å². The highest BCUT2D eigenvalue weighted by atomic mass is 35.5. The molecule has 6 nitrogen and oxygen atoms in total. The summed E-state index contributed by atoms with van der Waals surface area (Å²) >= 11 is 6.13. The second-order valence-corrected chi connectivity index (χ2v) is 6.14. The molecule has 0 bridgehead atoms. The lowest BCUT2D eigenvalue weighted by molar-refractivity contribution is 0.0532. The van der Waals surface area contributed by atoms with E-state index in [-0.39, 0.29) is 29.1 Å². The summed E-state index contributed by atoms with van der Waals surface area (Å²) in [5.74, 6) is -0.607. The van der Waals surface area contributed by atoms with Crippen molar-refractivity contribution >= 4 is 36.7 Å². The Morgan fingerprint density at radius 2 is 2.33 bits per heavy atom. The highest BCUT2D eigenvalue weighted by Gasteiger charge is 2.26. The number of rotatable bonds is 4. The van der Waals surface area contributed by atoms with Crippen molar-refractivity contribution in [2.45, 2.75) is 25.4 Å². The van der Waals surface area contributed by atoms with Gasteiger partial charge in [0.25, 0.3) is 0 Å². The lowest BCUT2D eigenvalue weighted by Gasteiger charge is -2.13. The zero-order valence-corrected chi connectivity index (χ0v) is 14.0. The highest BCUT2D eigenvalue weighted by Crippen LogP contribution is 2.31. The Morgan fingerprint density at radius 3 is 3.00 bits per heavy atom. The van der Waals surface area contributed by atoms with Crippen LogP contribution in [-0.2, 0) is 9.57 Å². The number of oxime groups is 1. The number of hydrogen-bond donors (Lipinski definition) is 1. The lowest BCUT2D eigenvalue weighted by Crippen LogP contribution is -2.14. The van der Waals surface area contributed by atoms with Crippen molar-refractivity contribution in [2.24, 2.45) is 5.16 Å². The minimum absolute atomic E-state index is 0.000193. The van der Waals surface area contributed by atoms with Crippen molar-refractivity contribution in [3.63, 3.8) is 0 Å². The second kappa shape index (κ2) is 7.09. The van der Waals surface area contributed by atoms with Gasteiger partial charge in [0.1, 0.15) is 6.61 Å². The zero-order chi connectivity index (χ0) is 17.1. The average Bonchev–Trinajstić information content (AvgIpc) is 3.02. The molecule has 3 rings (SSSR count). The Labute approximate surface area is 145 Å². The predicted molar refractivity (Wildman–Crippen MR) is 94.8 cm³/mol. The van der Waals surface area contributed by atoms with Crippen LogP contribution in [0.3, 0.4) is 0 Å². The molecule has 2 aliphatic rings. The fraction of sp³-hybridized carbons (Fsp3) is 0.312. The van der Waals surface area contributed by atoms with Gasteiger partial charge in [0.15, 0.2) is 19.6 Å². The van der Waals surface area contributed by atoms with Crippen LogP contribution in [-0.4, -0.2) is 31.0 Å². The first kappa shape index (κ1) is 16.6. The van der Waals surface area contributed by atoms with Crippen molar-refractivity contribution in [2.75, 3.05) is 12.3 Å². The van der Waals surface area contributed by atoms with Crippen LogP contribution in [0, 0.1) is 0 Å². The van der Waals surface area contributed by atoms with Crippen LogP contribution < -0.4 is 5.73 Å². The number of ether oxygens (including phenoxy) is 1. The molecule has 0 amide bonds. The maximum atomic E-state index is 12.3. The maximum Gasteiger partial charge on any atom is 0.358 e. The van der Waals surface area contributed by atoms with Gasteiger partial charge in [-0.05, 0) is 24.5 Å². The van der Waals surface area contributed by atoms with Crippen molar-refractivity contribution in [3.8, 4) is 0 Å². The summed E-state index contributed by atoms with van der Waals surface area (Å²) in [5, 5.41) is 3.98. The van der Waals surface area contributed by atoms with Crippen LogP contribution in [0.4, 0.5) is 5.69 Å². The number of carbonyl (C=O) groups excluding carboxylic acids is 1. The van der Waals surface area contributed by atoms with Crippen LogP contribution in [0.15, 0.2) is 35.0 Å². The Bertz CT molecular complexity index is 761. The number of allylic oxidation sites excluding steroid dienone is 2. The second-order valence-electron chi connectivity index (χ2n) is 5.76. The van der Waals surface area contributed by atoms with E-state index >= 15 is 0 Å². The third kappa shape index (κ3) is 3.62. The van der Waals surface area contributed by atoms with Crippen molar-refractivity contribution in [1.82, 2.24) is 4.98 Å². The molecule has 2 heterocycles. The van der Waals surface area contributed by atoms with Gasteiger partial charge in [-0.3, -0.25) is 0 Å². The summed E-state index contributed by atoms with van der Waals surface area (Å²) in [4.78, 5) is 21.9. The summed E-state index contributed by atoms with van der Waals surface area (Å²) in [6.45, 7) is 0.180. The predicted octanol–water partition coefficient (Wildman–Crippen LogP) is 2.16. The van der Waals surface area contributed by atoms with Gasteiger partial charge >= 0.3 is 5.97 Å². The monoisotopic (exact) mass is 345 g/mol. The number of nitrogen functional groups attached to an aromatic ring is 1. The number of carbonyl (C=O) groups is 1. The van der Waals surface area contributed by atoms with Gasteiger partial charge in [-0.25, -0.2) is 9.78 Å². The van der Waals surface area contributed by atoms with Gasteiger partial charge in [0.2, 0.25) is 0 Å². The first-order valence-corrected chi connectivity index (χ1v) is 8.10. The average molecular weight is 346 g/mol. The summed E-state index contributed by atoms with van der Waals surface area (Å²) in [5.41, 5.74) is 8.50. The van der Waals surface area contributed by atoms with E-state index in [2.05, 4.69) is 10.1 Å². The fourth-order valence-corrected chi connectivity index (χ4v) is 2.69. The normalized spacial score (nSPS) is 19.5. The molecule has 0 aromatic carbocycles. The number of hydrogen-bond acceptors (Lipinski definition) is 6. The molecule has 1 aromatic heterocycles. The van der Waals surface area contributed by atoms with Crippen molar-refractivity contribution < 1.29 is 14.4 Å². The van der Waals surface area contributed by atoms with Crippen molar-refractivity contribution in [3.05, 3.63) is 46.3 Å². The van der Waals surface area contributed by atoms with E-state index < -0.39 is 5.97 Å². The molecule has 1 aromatic rings. The largest absolute Gasteiger partial charge is 0.456 e. The number of aromatic nitrogens is 1. The molecule has 0 saturated carbocycles. The first-order valence-electron chi connectivity index (χ1n) is 7.72. The van der Waals surface area contributed by atoms with E-state index in [0.717, 1.165) is 24.0 Å². The molecular weight excluding hydrogens is 328 g/mol. The molecule has 2 N–H and O–H groups in total. The van der Waals surface area contributed by atoms with Gasteiger partial charge in [0.05, 0.1) is 16.4 Å². The molecule has 1 aliphatic carbocycles. The number of pyridine rings is 1. The third-order valence-electron chi connectivity index (χ3n) is 3.79. The van der Waals surface area contributed by atoms with Crippen molar-refractivity contribution in [1.29, 1.82) is 0 Å². The van der Waals surface area contributed by atoms with E-state index in [9.17, 15) is 4.79 Å². The topological polar surface area (TPSA) is 86.8 Å². The molecule has 0 saturated heterocycles. The molecule has 24 heavy (non-hydrogen) atoms. The highest BCUT2D eigenvalue weighted by molar-refractivity contribution is 6.59. The van der Waals surface area contributed by atoms with Crippen LogP contribution in [0.2, 0.25) is 5.02 Å². The summed E-state index contributed by atoms with van der Waals surface area (Å²) in [7, 11) is 1.86. The van der Waals surface area contributed by atoms with Crippen LogP contribution >= 0.6 is 11.6 Å². The molecule has 1 aliphatic heterocycles. The van der Waals surface area contributed by atoms with Gasteiger partial charge in [-0.2, -0.15) is 0 Å².